The molecule has 2 aromatic rings. The van der Waals surface area contributed by atoms with Crippen molar-refractivity contribution in [1.82, 2.24) is 4.90 Å². The molecule has 5 heteroatoms. The van der Waals surface area contributed by atoms with Gasteiger partial charge in [-0.05, 0) is 36.2 Å². The Morgan fingerprint density at radius 1 is 1.13 bits per heavy atom. The molecule has 0 aliphatic rings. The Balaban J connectivity index is 2.15. The first kappa shape index (κ1) is 17.8. The summed E-state index contributed by atoms with van der Waals surface area (Å²) in [6.07, 6.45) is 0.546. The number of rotatable bonds is 6. The predicted molar refractivity (Wildman–Crippen MR) is 94.3 cm³/mol. The van der Waals surface area contributed by atoms with Crippen LogP contribution in [-0.2, 0) is 0 Å². The van der Waals surface area contributed by atoms with Gasteiger partial charge in [0.25, 0.3) is 5.91 Å². The number of hydrogen-bond acceptors (Lipinski definition) is 2. The van der Waals surface area contributed by atoms with Gasteiger partial charge in [-0.25, -0.2) is 0 Å². The standard InChI is InChI=1S/C18H19Cl2NO2/c1-21(18(23)13-5-3-2-4-6-13)12-15(9-10-22)14-7-8-16(19)17(20)11-14/h2-8,11,15,22H,9-10,12H2,1H3/t15-/m0/s1. The third-order valence-corrected chi connectivity index (χ3v) is 4.49. The van der Waals surface area contributed by atoms with Gasteiger partial charge in [-0.1, -0.05) is 47.5 Å². The van der Waals surface area contributed by atoms with Crippen LogP contribution >= 0.6 is 23.2 Å². The van der Waals surface area contributed by atoms with Gasteiger partial charge in [0.05, 0.1) is 10.0 Å². The van der Waals surface area contributed by atoms with Crippen molar-refractivity contribution in [3.05, 3.63) is 69.7 Å². The summed E-state index contributed by atoms with van der Waals surface area (Å²) in [5, 5.41) is 10.3. The fourth-order valence-corrected chi connectivity index (χ4v) is 2.81. The normalized spacial score (nSPS) is 12.0. The third kappa shape index (κ3) is 4.71. The number of hydrogen-bond donors (Lipinski definition) is 1. The minimum Gasteiger partial charge on any atom is -0.396 e. The molecule has 1 N–H and O–H groups in total. The molecule has 0 aliphatic heterocycles. The Morgan fingerprint density at radius 2 is 1.83 bits per heavy atom. The van der Waals surface area contributed by atoms with E-state index in [1.165, 1.54) is 0 Å². The first-order valence-corrected chi connectivity index (χ1v) is 8.15. The molecule has 122 valence electrons. The van der Waals surface area contributed by atoms with Crippen molar-refractivity contribution in [2.75, 3.05) is 20.2 Å². The lowest BCUT2D eigenvalue weighted by Gasteiger charge is -2.24. The summed E-state index contributed by atoms with van der Waals surface area (Å²) in [5.41, 5.74) is 1.60. The Hall–Kier alpha value is -1.55. The lowest BCUT2D eigenvalue weighted by molar-refractivity contribution is 0.0781. The van der Waals surface area contributed by atoms with Crippen LogP contribution in [-0.4, -0.2) is 36.1 Å². The summed E-state index contributed by atoms with van der Waals surface area (Å²) in [7, 11) is 1.76. The van der Waals surface area contributed by atoms with E-state index in [0.29, 0.717) is 28.6 Å². The summed E-state index contributed by atoms with van der Waals surface area (Å²) in [4.78, 5) is 14.1. The van der Waals surface area contributed by atoms with E-state index in [1.807, 2.05) is 24.3 Å². The maximum absolute atomic E-state index is 12.5. The van der Waals surface area contributed by atoms with Crippen molar-refractivity contribution in [3.63, 3.8) is 0 Å². The highest BCUT2D eigenvalue weighted by Gasteiger charge is 2.19. The Morgan fingerprint density at radius 3 is 2.43 bits per heavy atom. The SMILES string of the molecule is CN(C[C@H](CCO)c1ccc(Cl)c(Cl)c1)C(=O)c1ccccc1. The largest absolute Gasteiger partial charge is 0.396 e. The first-order chi connectivity index (χ1) is 11.0. The van der Waals surface area contributed by atoms with E-state index in [1.54, 1.807) is 36.2 Å². The Labute approximate surface area is 146 Å². The molecule has 0 saturated carbocycles. The molecule has 3 nitrogen and oxygen atoms in total. The van der Waals surface area contributed by atoms with Crippen molar-refractivity contribution in [1.29, 1.82) is 0 Å². The fraction of sp³-hybridized carbons (Fsp3) is 0.278. The second kappa shape index (κ2) is 8.34. The van der Waals surface area contributed by atoms with Crippen LogP contribution < -0.4 is 0 Å². The summed E-state index contributed by atoms with van der Waals surface area (Å²) in [6.45, 7) is 0.532. The molecule has 0 aliphatic carbocycles. The summed E-state index contributed by atoms with van der Waals surface area (Å²) in [5.74, 6) is -0.0546. The molecule has 0 saturated heterocycles. The third-order valence-electron chi connectivity index (χ3n) is 3.75. The molecule has 0 unspecified atom stereocenters. The van der Waals surface area contributed by atoms with Gasteiger partial charge >= 0.3 is 0 Å². The quantitative estimate of drug-likeness (QED) is 0.845. The van der Waals surface area contributed by atoms with Gasteiger partial charge in [0, 0.05) is 31.7 Å². The van der Waals surface area contributed by atoms with Crippen LogP contribution in [0.4, 0.5) is 0 Å². The van der Waals surface area contributed by atoms with Gasteiger partial charge in [0.15, 0.2) is 0 Å². The van der Waals surface area contributed by atoms with Crippen LogP contribution in [0.2, 0.25) is 10.0 Å². The monoisotopic (exact) mass is 351 g/mol. The van der Waals surface area contributed by atoms with Crippen molar-refractivity contribution < 1.29 is 9.90 Å². The van der Waals surface area contributed by atoms with Crippen LogP contribution in [0.5, 0.6) is 0 Å². The second-order valence-corrected chi connectivity index (χ2v) is 6.25. The van der Waals surface area contributed by atoms with Crippen molar-refractivity contribution in [3.8, 4) is 0 Å². The minimum atomic E-state index is -0.0476. The number of carbonyl (C=O) groups excluding carboxylic acids is 1. The summed E-state index contributed by atoms with van der Waals surface area (Å²) < 4.78 is 0. The summed E-state index contributed by atoms with van der Waals surface area (Å²) >= 11 is 12.0. The number of carbonyl (C=O) groups is 1. The Bertz CT molecular complexity index is 661. The van der Waals surface area contributed by atoms with Crippen LogP contribution in [0.15, 0.2) is 48.5 Å². The number of aliphatic hydroxyl groups excluding tert-OH is 1. The maximum atomic E-state index is 12.5. The number of likely N-dealkylation sites (N-methyl/N-ethyl adjacent to an activating group) is 1. The average Bonchev–Trinajstić information content (AvgIpc) is 2.57. The number of nitrogens with zero attached hydrogens (tertiary/aromatic N) is 1. The summed E-state index contributed by atoms with van der Waals surface area (Å²) in [6, 6.07) is 14.6. The highest BCUT2D eigenvalue weighted by atomic mass is 35.5. The number of aliphatic hydroxyl groups is 1. The van der Waals surface area contributed by atoms with Gasteiger partial charge in [0.1, 0.15) is 0 Å². The molecule has 1 atom stereocenters. The van der Waals surface area contributed by atoms with Gasteiger partial charge in [-0.3, -0.25) is 4.79 Å². The zero-order valence-corrected chi connectivity index (χ0v) is 14.4. The van der Waals surface area contributed by atoms with Crippen molar-refractivity contribution in [2.45, 2.75) is 12.3 Å². The highest BCUT2D eigenvalue weighted by Crippen LogP contribution is 2.28. The van der Waals surface area contributed by atoms with Crippen LogP contribution in [0.25, 0.3) is 0 Å². The molecule has 0 bridgehead atoms. The molecule has 0 aromatic heterocycles. The lowest BCUT2D eigenvalue weighted by atomic mass is 9.95. The van der Waals surface area contributed by atoms with E-state index in [-0.39, 0.29) is 18.4 Å². The zero-order valence-electron chi connectivity index (χ0n) is 12.9. The highest BCUT2D eigenvalue weighted by molar-refractivity contribution is 6.42. The molecule has 23 heavy (non-hydrogen) atoms. The zero-order chi connectivity index (χ0) is 16.8. The van der Waals surface area contributed by atoms with E-state index in [2.05, 4.69) is 0 Å². The van der Waals surface area contributed by atoms with Crippen LogP contribution in [0.1, 0.15) is 28.3 Å². The van der Waals surface area contributed by atoms with Crippen molar-refractivity contribution in [2.24, 2.45) is 0 Å². The molecule has 0 radical (unpaired) electrons. The number of amides is 1. The van der Waals surface area contributed by atoms with E-state index >= 15 is 0 Å². The van der Waals surface area contributed by atoms with E-state index in [9.17, 15) is 9.90 Å². The van der Waals surface area contributed by atoms with Gasteiger partial charge < -0.3 is 10.0 Å². The predicted octanol–water partition coefficient (Wildman–Crippen LogP) is 4.23. The maximum Gasteiger partial charge on any atom is 0.253 e. The molecule has 0 fully saturated rings. The van der Waals surface area contributed by atoms with E-state index in [0.717, 1.165) is 5.56 Å². The Kier molecular flexibility index (Phi) is 6.46. The van der Waals surface area contributed by atoms with Crippen LogP contribution in [0, 0.1) is 0 Å². The molecule has 2 aromatic carbocycles. The minimum absolute atomic E-state index is 0.00701. The molecule has 0 heterocycles. The molecule has 2 rings (SSSR count). The van der Waals surface area contributed by atoms with Gasteiger partial charge in [-0.2, -0.15) is 0 Å². The van der Waals surface area contributed by atoms with Crippen molar-refractivity contribution >= 4 is 29.1 Å². The van der Waals surface area contributed by atoms with Gasteiger partial charge in [0.2, 0.25) is 0 Å². The van der Waals surface area contributed by atoms with Crippen LogP contribution in [0.3, 0.4) is 0 Å². The van der Waals surface area contributed by atoms with Gasteiger partial charge in [-0.15, -0.1) is 0 Å². The smallest absolute Gasteiger partial charge is 0.253 e. The molecule has 1 amide bonds. The second-order valence-electron chi connectivity index (χ2n) is 5.43. The average molecular weight is 352 g/mol. The fourth-order valence-electron chi connectivity index (χ4n) is 2.50. The first-order valence-electron chi connectivity index (χ1n) is 7.39. The van der Waals surface area contributed by atoms with E-state index in [4.69, 9.17) is 23.2 Å². The molecule has 0 spiro atoms. The number of halogens is 2. The van der Waals surface area contributed by atoms with E-state index < -0.39 is 0 Å². The molecular formula is C18H19Cl2NO2. The topological polar surface area (TPSA) is 40.5 Å². The number of benzene rings is 2. The lowest BCUT2D eigenvalue weighted by Crippen LogP contribution is -2.31. The molecular weight excluding hydrogens is 333 g/mol.